The molecule has 1 aliphatic carbocycles. The van der Waals surface area contributed by atoms with Crippen molar-refractivity contribution in [2.24, 2.45) is 5.92 Å². The summed E-state index contributed by atoms with van der Waals surface area (Å²) in [4.78, 5) is 2.09. The van der Waals surface area contributed by atoms with Crippen molar-refractivity contribution >= 4 is 21.5 Å². The van der Waals surface area contributed by atoms with Crippen molar-refractivity contribution in [1.82, 2.24) is 0 Å². The third-order valence-corrected chi connectivity index (χ3v) is 4.12. The Morgan fingerprint density at radius 2 is 2.06 bits per heavy atom. The predicted octanol–water partition coefficient (Wildman–Crippen LogP) is 4.63. The number of ether oxygens (including phenoxy) is 1. The average Bonchev–Trinajstić information content (AvgIpc) is 2.41. The van der Waals surface area contributed by atoms with Gasteiger partial charge in [0, 0.05) is 7.11 Å². The maximum absolute atomic E-state index is 5.51. The number of hydrogen-bond acceptors (Lipinski definition) is 1. The summed E-state index contributed by atoms with van der Waals surface area (Å²) in [7, 11) is 1.83. The second-order valence-corrected chi connectivity index (χ2v) is 5.11. The van der Waals surface area contributed by atoms with Crippen LogP contribution < -0.4 is 0 Å². The van der Waals surface area contributed by atoms with E-state index in [1.54, 1.807) is 0 Å². The Labute approximate surface area is 112 Å². The minimum Gasteiger partial charge on any atom is -0.381 e. The third kappa shape index (κ3) is 3.20. The van der Waals surface area contributed by atoms with Crippen LogP contribution in [0.2, 0.25) is 0 Å². The van der Waals surface area contributed by atoms with Gasteiger partial charge >= 0.3 is 0 Å². The van der Waals surface area contributed by atoms with Gasteiger partial charge in [-0.1, -0.05) is 52.7 Å². The van der Waals surface area contributed by atoms with Crippen LogP contribution >= 0.6 is 15.9 Å². The Bertz CT molecular complexity index is 372. The van der Waals surface area contributed by atoms with Gasteiger partial charge in [-0.2, -0.15) is 0 Å². The monoisotopic (exact) mass is 294 g/mol. The predicted molar refractivity (Wildman–Crippen MR) is 76.1 cm³/mol. The molecule has 17 heavy (non-hydrogen) atoms. The van der Waals surface area contributed by atoms with Gasteiger partial charge in [-0.15, -0.1) is 0 Å². The van der Waals surface area contributed by atoms with Crippen LogP contribution in [0.3, 0.4) is 0 Å². The molecule has 0 aromatic heterocycles. The molecular formula is C15H19BrO. The summed E-state index contributed by atoms with van der Waals surface area (Å²) in [6, 6.07) is 10.6. The van der Waals surface area contributed by atoms with E-state index in [-0.39, 0.29) is 0 Å². The molecule has 1 nitrogen and oxygen atoms in total. The molecule has 0 saturated heterocycles. The number of methoxy groups -OCH3 is 1. The van der Waals surface area contributed by atoms with Gasteiger partial charge in [0.25, 0.3) is 0 Å². The lowest BCUT2D eigenvalue weighted by molar-refractivity contribution is 0.0605. The highest BCUT2D eigenvalue weighted by atomic mass is 79.9. The second kappa shape index (κ2) is 6.36. The zero-order chi connectivity index (χ0) is 12.1. The van der Waals surface area contributed by atoms with Crippen molar-refractivity contribution in [2.45, 2.75) is 31.8 Å². The van der Waals surface area contributed by atoms with Gasteiger partial charge in [-0.3, -0.25) is 0 Å². The highest BCUT2D eigenvalue weighted by Gasteiger charge is 2.24. The average molecular weight is 295 g/mol. The molecule has 0 bridgehead atoms. The summed E-state index contributed by atoms with van der Waals surface area (Å²) in [6.07, 6.45) is 5.31. The van der Waals surface area contributed by atoms with Gasteiger partial charge in [0.2, 0.25) is 0 Å². The van der Waals surface area contributed by atoms with E-state index in [9.17, 15) is 0 Å². The summed E-state index contributed by atoms with van der Waals surface area (Å²) in [5.74, 6) is 0.621. The van der Waals surface area contributed by atoms with E-state index in [0.29, 0.717) is 12.0 Å². The van der Waals surface area contributed by atoms with Crippen molar-refractivity contribution in [1.29, 1.82) is 0 Å². The number of hydrogen-bond donors (Lipinski definition) is 0. The first-order valence-corrected chi connectivity index (χ1v) is 7.15. The quantitative estimate of drug-likeness (QED) is 0.790. The molecule has 1 saturated carbocycles. The Kier molecular flexibility index (Phi) is 4.81. The van der Waals surface area contributed by atoms with Crippen LogP contribution in [0.15, 0.2) is 35.3 Å². The van der Waals surface area contributed by atoms with Crippen molar-refractivity contribution in [3.05, 3.63) is 40.9 Å². The van der Waals surface area contributed by atoms with Gasteiger partial charge in [0.1, 0.15) is 0 Å². The van der Waals surface area contributed by atoms with Crippen LogP contribution in [-0.2, 0) is 4.74 Å². The molecule has 0 radical (unpaired) electrons. The minimum atomic E-state index is 0.430. The van der Waals surface area contributed by atoms with Crippen molar-refractivity contribution < 1.29 is 4.74 Å². The van der Waals surface area contributed by atoms with Gasteiger partial charge in [0.05, 0.1) is 6.10 Å². The molecule has 2 heteroatoms. The maximum atomic E-state index is 5.51. The largest absolute Gasteiger partial charge is 0.381 e. The molecule has 0 N–H and O–H groups in total. The van der Waals surface area contributed by atoms with Crippen LogP contribution in [0.25, 0.3) is 5.57 Å². The third-order valence-electron chi connectivity index (χ3n) is 3.62. The fourth-order valence-electron chi connectivity index (χ4n) is 2.66. The number of halogens is 1. The van der Waals surface area contributed by atoms with Crippen LogP contribution in [0, 0.1) is 5.92 Å². The number of allylic oxidation sites excluding steroid dienone is 1. The van der Waals surface area contributed by atoms with E-state index < -0.39 is 0 Å². The molecule has 92 valence electrons. The summed E-state index contributed by atoms with van der Waals surface area (Å²) in [6.45, 7) is 0. The zero-order valence-corrected chi connectivity index (χ0v) is 11.8. The Balaban J connectivity index is 2.14. The number of benzene rings is 1. The fraction of sp³-hybridized carbons (Fsp3) is 0.467. The molecule has 0 heterocycles. The summed E-state index contributed by atoms with van der Waals surface area (Å²) in [5.41, 5.74) is 2.73. The minimum absolute atomic E-state index is 0.430. The van der Waals surface area contributed by atoms with Crippen molar-refractivity contribution in [3.8, 4) is 0 Å². The van der Waals surface area contributed by atoms with E-state index in [1.165, 1.54) is 30.4 Å². The topological polar surface area (TPSA) is 9.23 Å². The normalized spacial score (nSPS) is 25.9. The van der Waals surface area contributed by atoms with Crippen LogP contribution in [0.5, 0.6) is 0 Å². The molecule has 0 aliphatic heterocycles. The standard InChI is InChI=1S/C15H19BrO/c1-17-14-9-5-8-13(10-14)15(11-16)12-6-3-2-4-7-12/h2-4,6-7,11,13-14H,5,8-10H2,1H3/b15-11+. The zero-order valence-electron chi connectivity index (χ0n) is 10.2. The first-order valence-electron chi connectivity index (χ1n) is 6.23. The molecule has 1 aromatic carbocycles. The molecule has 2 atom stereocenters. The molecule has 1 aromatic rings. The van der Waals surface area contributed by atoms with Gasteiger partial charge in [0.15, 0.2) is 0 Å². The first kappa shape index (κ1) is 12.8. The SMILES string of the molecule is COC1CCCC(/C(=C/Br)c2ccccc2)C1. The second-order valence-electron chi connectivity index (χ2n) is 4.65. The van der Waals surface area contributed by atoms with Crippen LogP contribution in [0.1, 0.15) is 31.2 Å². The van der Waals surface area contributed by atoms with Gasteiger partial charge in [-0.25, -0.2) is 0 Å². The van der Waals surface area contributed by atoms with Crippen LogP contribution in [-0.4, -0.2) is 13.2 Å². The van der Waals surface area contributed by atoms with Crippen LogP contribution in [0.4, 0.5) is 0 Å². The Morgan fingerprint density at radius 3 is 2.71 bits per heavy atom. The lowest BCUT2D eigenvalue weighted by Gasteiger charge is -2.30. The van der Waals surface area contributed by atoms with Crippen molar-refractivity contribution in [3.63, 3.8) is 0 Å². The smallest absolute Gasteiger partial charge is 0.0577 e. The van der Waals surface area contributed by atoms with Crippen molar-refractivity contribution in [2.75, 3.05) is 7.11 Å². The molecule has 1 fully saturated rings. The molecule has 2 unspecified atom stereocenters. The Hall–Kier alpha value is -0.600. The summed E-state index contributed by atoms with van der Waals surface area (Å²) < 4.78 is 5.51. The molecule has 0 spiro atoms. The fourth-order valence-corrected chi connectivity index (χ4v) is 3.30. The van der Waals surface area contributed by atoms with Gasteiger partial charge in [-0.05, 0) is 41.3 Å². The lowest BCUT2D eigenvalue weighted by atomic mass is 9.80. The highest BCUT2D eigenvalue weighted by molar-refractivity contribution is 9.11. The summed E-state index contributed by atoms with van der Waals surface area (Å²) >= 11 is 3.53. The highest BCUT2D eigenvalue weighted by Crippen LogP contribution is 2.36. The van der Waals surface area contributed by atoms with E-state index in [4.69, 9.17) is 4.74 Å². The first-order chi connectivity index (χ1) is 8.35. The maximum Gasteiger partial charge on any atom is 0.0577 e. The Morgan fingerprint density at radius 1 is 1.29 bits per heavy atom. The number of rotatable bonds is 3. The van der Waals surface area contributed by atoms with E-state index >= 15 is 0 Å². The lowest BCUT2D eigenvalue weighted by Crippen LogP contribution is -2.22. The van der Waals surface area contributed by atoms with E-state index in [2.05, 4.69) is 51.2 Å². The molecule has 2 rings (SSSR count). The summed E-state index contributed by atoms with van der Waals surface area (Å²) in [5, 5.41) is 0. The molecule has 1 aliphatic rings. The van der Waals surface area contributed by atoms with E-state index in [1.807, 2.05) is 7.11 Å². The van der Waals surface area contributed by atoms with E-state index in [0.717, 1.165) is 6.42 Å². The molecular weight excluding hydrogens is 276 g/mol. The molecule has 0 amide bonds. The van der Waals surface area contributed by atoms with Gasteiger partial charge < -0.3 is 4.74 Å².